The predicted octanol–water partition coefficient (Wildman–Crippen LogP) is 6.72. The van der Waals surface area contributed by atoms with Crippen LogP contribution in [0.5, 0.6) is 0 Å². The van der Waals surface area contributed by atoms with Gasteiger partial charge in [-0.25, -0.2) is 8.78 Å². The van der Waals surface area contributed by atoms with Gasteiger partial charge >= 0.3 is 0 Å². The number of aromatic amines is 1. The quantitative estimate of drug-likeness (QED) is 0.449. The highest BCUT2D eigenvalue weighted by atomic mass is 19.3. The highest BCUT2D eigenvalue weighted by Crippen LogP contribution is 2.41. The van der Waals surface area contributed by atoms with Crippen LogP contribution in [0.1, 0.15) is 80.9 Å². The van der Waals surface area contributed by atoms with Crippen LogP contribution in [0.3, 0.4) is 0 Å². The standard InChI is InChI=1S/C29H37F2N3O/c1-18(2)26-24-16-21(20-5-8-23(9-6-20)34-13-11-29(30,31)12-14-34)7-10-25(24)32-27(26)22-15-19(3)28(35)33(4)17-22/h7,10,15-18,20,23,32H,5-6,8-9,11-14H2,1-4H3. The Hall–Kier alpha value is -2.47. The molecule has 0 amide bonds. The summed E-state index contributed by atoms with van der Waals surface area (Å²) in [5, 5.41) is 1.26. The van der Waals surface area contributed by atoms with Crippen LogP contribution in [-0.4, -0.2) is 39.5 Å². The van der Waals surface area contributed by atoms with Gasteiger partial charge < -0.3 is 9.55 Å². The average molecular weight is 482 g/mol. The molecule has 1 aromatic carbocycles. The fourth-order valence-electron chi connectivity index (χ4n) is 6.32. The van der Waals surface area contributed by atoms with Crippen molar-refractivity contribution in [2.45, 2.75) is 83.1 Å². The molecule has 0 unspecified atom stereocenters. The Labute approximate surface area is 206 Å². The number of alkyl halides is 2. The SMILES string of the molecule is Cc1cc(-c2[nH]c3ccc(C4CCC(N5CCC(F)(F)CC5)CC4)cc3c2C(C)C)cn(C)c1=O. The summed E-state index contributed by atoms with van der Waals surface area (Å²) in [6.45, 7) is 7.38. The molecule has 1 N–H and O–H groups in total. The molecule has 1 aliphatic heterocycles. The van der Waals surface area contributed by atoms with Crippen LogP contribution in [-0.2, 0) is 7.05 Å². The summed E-state index contributed by atoms with van der Waals surface area (Å²) >= 11 is 0. The minimum Gasteiger partial charge on any atom is -0.354 e. The summed E-state index contributed by atoms with van der Waals surface area (Å²) in [6, 6.07) is 9.26. The number of rotatable bonds is 4. The number of nitrogens with one attached hydrogen (secondary N) is 1. The van der Waals surface area contributed by atoms with Gasteiger partial charge in [0.05, 0.1) is 5.69 Å². The van der Waals surface area contributed by atoms with Gasteiger partial charge in [0.1, 0.15) is 0 Å². The summed E-state index contributed by atoms with van der Waals surface area (Å²) in [4.78, 5) is 18.2. The second-order valence-electron chi connectivity index (χ2n) is 11.1. The number of hydrogen-bond acceptors (Lipinski definition) is 2. The van der Waals surface area contributed by atoms with Crippen molar-refractivity contribution < 1.29 is 8.78 Å². The lowest BCUT2D eigenvalue weighted by atomic mass is 9.80. The molecule has 1 aliphatic carbocycles. The summed E-state index contributed by atoms with van der Waals surface area (Å²) in [5.41, 5.74) is 6.71. The van der Waals surface area contributed by atoms with E-state index >= 15 is 0 Å². The van der Waals surface area contributed by atoms with E-state index in [1.807, 2.05) is 19.2 Å². The first-order valence-electron chi connectivity index (χ1n) is 13.1. The molecule has 3 aromatic rings. The number of aromatic nitrogens is 2. The average Bonchev–Trinajstić information content (AvgIpc) is 3.21. The van der Waals surface area contributed by atoms with E-state index in [1.54, 1.807) is 11.6 Å². The van der Waals surface area contributed by atoms with Crippen molar-refractivity contribution in [3.8, 4) is 11.3 Å². The van der Waals surface area contributed by atoms with Crippen molar-refractivity contribution in [3.63, 3.8) is 0 Å². The molecule has 188 valence electrons. The van der Waals surface area contributed by atoms with E-state index < -0.39 is 5.92 Å². The highest BCUT2D eigenvalue weighted by molar-refractivity contribution is 5.92. The molecule has 35 heavy (non-hydrogen) atoms. The second kappa shape index (κ2) is 9.20. The summed E-state index contributed by atoms with van der Waals surface area (Å²) < 4.78 is 28.8. The number of piperidine rings is 1. The van der Waals surface area contributed by atoms with Crippen LogP contribution in [0, 0.1) is 6.92 Å². The maximum Gasteiger partial charge on any atom is 0.253 e. The van der Waals surface area contributed by atoms with Crippen molar-refractivity contribution in [1.29, 1.82) is 0 Å². The zero-order valence-corrected chi connectivity index (χ0v) is 21.3. The van der Waals surface area contributed by atoms with Gasteiger partial charge in [0, 0.05) is 67.2 Å². The van der Waals surface area contributed by atoms with Gasteiger partial charge in [0.15, 0.2) is 0 Å². The first-order valence-corrected chi connectivity index (χ1v) is 13.1. The molecule has 5 rings (SSSR count). The monoisotopic (exact) mass is 481 g/mol. The van der Waals surface area contributed by atoms with Gasteiger partial charge in [-0.1, -0.05) is 19.9 Å². The molecule has 6 heteroatoms. The fraction of sp³-hybridized carbons (Fsp3) is 0.552. The Morgan fingerprint density at radius 1 is 1.06 bits per heavy atom. The van der Waals surface area contributed by atoms with Gasteiger partial charge in [0.25, 0.3) is 11.5 Å². The van der Waals surface area contributed by atoms with Crippen molar-refractivity contribution >= 4 is 10.9 Å². The molecule has 0 bridgehead atoms. The molecule has 3 heterocycles. The largest absolute Gasteiger partial charge is 0.354 e. The molecular weight excluding hydrogens is 444 g/mol. The topological polar surface area (TPSA) is 41.0 Å². The number of pyridine rings is 1. The maximum atomic E-state index is 13.6. The van der Waals surface area contributed by atoms with Crippen LogP contribution in [0.4, 0.5) is 8.78 Å². The van der Waals surface area contributed by atoms with E-state index in [4.69, 9.17) is 0 Å². The number of halogens is 2. The number of benzene rings is 1. The molecule has 1 saturated heterocycles. The molecule has 0 spiro atoms. The Morgan fingerprint density at radius 3 is 2.37 bits per heavy atom. The number of aryl methyl sites for hydroxylation is 2. The normalized spacial score (nSPS) is 23.3. The number of nitrogens with zero attached hydrogens (tertiary/aromatic N) is 2. The van der Waals surface area contributed by atoms with Gasteiger partial charge in [-0.2, -0.15) is 0 Å². The highest BCUT2D eigenvalue weighted by Gasteiger charge is 2.37. The molecular formula is C29H37F2N3O. The van der Waals surface area contributed by atoms with Crippen LogP contribution >= 0.6 is 0 Å². The molecule has 2 aromatic heterocycles. The summed E-state index contributed by atoms with van der Waals surface area (Å²) in [6.07, 6.45) is 6.32. The van der Waals surface area contributed by atoms with Crippen LogP contribution in [0.25, 0.3) is 22.2 Å². The van der Waals surface area contributed by atoms with E-state index in [2.05, 4.69) is 41.9 Å². The molecule has 0 atom stereocenters. The Kier molecular flexibility index (Phi) is 6.37. The van der Waals surface area contributed by atoms with Gasteiger partial charge in [-0.05, 0) is 73.8 Å². The third-order valence-corrected chi connectivity index (χ3v) is 8.31. The van der Waals surface area contributed by atoms with E-state index in [9.17, 15) is 13.6 Å². The third-order valence-electron chi connectivity index (χ3n) is 8.31. The lowest BCUT2D eigenvalue weighted by molar-refractivity contribution is -0.0659. The van der Waals surface area contributed by atoms with E-state index in [0.29, 0.717) is 31.0 Å². The number of fused-ring (bicyclic) bond motifs is 1. The first kappa shape index (κ1) is 24.2. The van der Waals surface area contributed by atoms with Gasteiger partial charge in [-0.15, -0.1) is 0 Å². The van der Waals surface area contributed by atoms with Crippen molar-refractivity contribution in [2.75, 3.05) is 13.1 Å². The number of likely N-dealkylation sites (tertiary alicyclic amines) is 1. The Morgan fingerprint density at radius 2 is 1.74 bits per heavy atom. The number of hydrogen-bond donors (Lipinski definition) is 1. The maximum absolute atomic E-state index is 13.6. The third kappa shape index (κ3) is 4.69. The second-order valence-corrected chi connectivity index (χ2v) is 11.1. The minimum atomic E-state index is -2.47. The zero-order chi connectivity index (χ0) is 24.9. The van der Waals surface area contributed by atoms with Gasteiger partial charge in [0.2, 0.25) is 0 Å². The minimum absolute atomic E-state index is 0.00645. The zero-order valence-electron chi connectivity index (χ0n) is 21.3. The van der Waals surface area contributed by atoms with E-state index in [-0.39, 0.29) is 18.4 Å². The van der Waals surface area contributed by atoms with Crippen molar-refractivity contribution in [3.05, 3.63) is 57.5 Å². The van der Waals surface area contributed by atoms with E-state index in [0.717, 1.165) is 48.0 Å². The molecule has 4 nitrogen and oxygen atoms in total. The first-order chi connectivity index (χ1) is 16.6. The van der Waals surface area contributed by atoms with E-state index in [1.165, 1.54) is 16.5 Å². The molecule has 2 fully saturated rings. The lowest BCUT2D eigenvalue weighted by Crippen LogP contribution is -2.46. The summed E-state index contributed by atoms with van der Waals surface area (Å²) in [5.74, 6) is -1.63. The summed E-state index contributed by atoms with van der Waals surface area (Å²) in [7, 11) is 1.81. The Bertz CT molecular complexity index is 1240. The van der Waals surface area contributed by atoms with Crippen LogP contribution < -0.4 is 5.56 Å². The molecule has 0 radical (unpaired) electrons. The lowest BCUT2D eigenvalue weighted by Gasteiger charge is -2.40. The number of H-pyrrole nitrogens is 1. The molecule has 2 aliphatic rings. The van der Waals surface area contributed by atoms with Crippen molar-refractivity contribution in [2.24, 2.45) is 7.05 Å². The smallest absolute Gasteiger partial charge is 0.253 e. The van der Waals surface area contributed by atoms with Crippen LogP contribution in [0.2, 0.25) is 0 Å². The van der Waals surface area contributed by atoms with Crippen LogP contribution in [0.15, 0.2) is 35.3 Å². The predicted molar refractivity (Wildman–Crippen MR) is 139 cm³/mol. The fourth-order valence-corrected chi connectivity index (χ4v) is 6.32. The molecule has 1 saturated carbocycles. The Balaban J connectivity index is 1.39. The van der Waals surface area contributed by atoms with Crippen molar-refractivity contribution in [1.82, 2.24) is 14.5 Å². The van der Waals surface area contributed by atoms with Gasteiger partial charge in [-0.3, -0.25) is 9.69 Å².